The van der Waals surface area contributed by atoms with Crippen LogP contribution in [0.4, 0.5) is 5.69 Å². The third-order valence-electron chi connectivity index (χ3n) is 1.45. The van der Waals surface area contributed by atoms with Gasteiger partial charge in [0.15, 0.2) is 0 Å². The van der Waals surface area contributed by atoms with Crippen molar-refractivity contribution in [3.05, 3.63) is 34.9 Å². The molecule has 0 saturated carbocycles. The van der Waals surface area contributed by atoms with Crippen LogP contribution in [-0.4, -0.2) is 11.7 Å². The fourth-order valence-corrected chi connectivity index (χ4v) is 1.06. The summed E-state index contributed by atoms with van der Waals surface area (Å²) in [6.45, 7) is 0.0159. The summed E-state index contributed by atoms with van der Waals surface area (Å²) in [6, 6.07) is 5.25. The Kier molecular flexibility index (Phi) is 3.14. The molecule has 0 amide bonds. The van der Waals surface area contributed by atoms with Crippen molar-refractivity contribution in [2.24, 2.45) is 0 Å². The van der Waals surface area contributed by atoms with Gasteiger partial charge in [0.1, 0.15) is 0 Å². The second kappa shape index (κ2) is 4.14. The molecule has 1 aromatic carbocycles. The standard InChI is InChI=1S/C9H10ClNO/c10-8-4-3-7(2-1-5-12)9(11)6-8/h1-4,6,12H,5,11H2. The summed E-state index contributed by atoms with van der Waals surface area (Å²) in [5.74, 6) is 0. The summed E-state index contributed by atoms with van der Waals surface area (Å²) in [7, 11) is 0. The number of halogens is 1. The molecule has 3 N–H and O–H groups in total. The number of aliphatic hydroxyl groups is 1. The molecule has 0 radical (unpaired) electrons. The molecule has 0 atom stereocenters. The SMILES string of the molecule is Nc1cc(Cl)ccc1C=CCO. The van der Waals surface area contributed by atoms with Gasteiger partial charge in [-0.1, -0.05) is 29.8 Å². The summed E-state index contributed by atoms with van der Waals surface area (Å²) in [5.41, 5.74) is 7.13. The van der Waals surface area contributed by atoms with Gasteiger partial charge in [-0.25, -0.2) is 0 Å². The number of hydrogen-bond donors (Lipinski definition) is 2. The van der Waals surface area contributed by atoms with Crippen LogP contribution in [0.5, 0.6) is 0 Å². The average molecular weight is 184 g/mol. The van der Waals surface area contributed by atoms with E-state index in [2.05, 4.69) is 0 Å². The lowest BCUT2D eigenvalue weighted by Crippen LogP contribution is -1.88. The van der Waals surface area contributed by atoms with Gasteiger partial charge in [0.25, 0.3) is 0 Å². The van der Waals surface area contributed by atoms with Crippen molar-refractivity contribution in [3.63, 3.8) is 0 Å². The van der Waals surface area contributed by atoms with E-state index in [9.17, 15) is 0 Å². The van der Waals surface area contributed by atoms with E-state index in [1.807, 2.05) is 6.07 Å². The van der Waals surface area contributed by atoms with Crippen molar-refractivity contribution < 1.29 is 5.11 Å². The maximum atomic E-state index is 8.52. The number of benzene rings is 1. The van der Waals surface area contributed by atoms with Crippen molar-refractivity contribution in [1.82, 2.24) is 0 Å². The number of hydrogen-bond acceptors (Lipinski definition) is 2. The quantitative estimate of drug-likeness (QED) is 0.689. The van der Waals surface area contributed by atoms with Crippen LogP contribution in [0.3, 0.4) is 0 Å². The van der Waals surface area contributed by atoms with E-state index in [4.69, 9.17) is 22.4 Å². The van der Waals surface area contributed by atoms with Crippen LogP contribution in [0.1, 0.15) is 5.56 Å². The summed E-state index contributed by atoms with van der Waals surface area (Å²) < 4.78 is 0. The van der Waals surface area contributed by atoms with Crippen molar-refractivity contribution >= 4 is 23.4 Å². The molecule has 0 bridgehead atoms. The zero-order valence-electron chi connectivity index (χ0n) is 6.50. The molecule has 0 aliphatic heterocycles. The maximum Gasteiger partial charge on any atom is 0.0615 e. The van der Waals surface area contributed by atoms with Gasteiger partial charge in [-0.05, 0) is 17.7 Å². The van der Waals surface area contributed by atoms with Crippen molar-refractivity contribution in [2.45, 2.75) is 0 Å². The molecule has 0 saturated heterocycles. The van der Waals surface area contributed by atoms with Crippen LogP contribution < -0.4 is 5.73 Å². The number of nitrogen functional groups attached to an aromatic ring is 1. The van der Waals surface area contributed by atoms with Gasteiger partial charge in [-0.2, -0.15) is 0 Å². The normalized spacial score (nSPS) is 10.8. The highest BCUT2D eigenvalue weighted by Gasteiger charge is 1.94. The largest absolute Gasteiger partial charge is 0.398 e. The Bertz CT molecular complexity index is 297. The van der Waals surface area contributed by atoms with Gasteiger partial charge >= 0.3 is 0 Å². The van der Waals surface area contributed by atoms with E-state index < -0.39 is 0 Å². The predicted molar refractivity (Wildman–Crippen MR) is 52.0 cm³/mol. The second-order valence-electron chi connectivity index (χ2n) is 2.36. The summed E-state index contributed by atoms with van der Waals surface area (Å²) >= 11 is 5.70. The van der Waals surface area contributed by atoms with Gasteiger partial charge < -0.3 is 10.8 Å². The molecule has 1 aromatic rings. The first-order valence-corrected chi connectivity index (χ1v) is 3.94. The van der Waals surface area contributed by atoms with E-state index >= 15 is 0 Å². The van der Waals surface area contributed by atoms with Crippen LogP contribution in [0.15, 0.2) is 24.3 Å². The van der Waals surface area contributed by atoms with Crippen LogP contribution in [0.25, 0.3) is 6.08 Å². The number of aliphatic hydroxyl groups excluding tert-OH is 1. The first kappa shape index (κ1) is 9.10. The van der Waals surface area contributed by atoms with E-state index in [-0.39, 0.29) is 6.61 Å². The molecule has 0 aromatic heterocycles. The number of rotatable bonds is 2. The Labute approximate surface area is 76.3 Å². The fraction of sp³-hybridized carbons (Fsp3) is 0.111. The molecular weight excluding hydrogens is 174 g/mol. The Morgan fingerprint density at radius 3 is 2.83 bits per heavy atom. The zero-order chi connectivity index (χ0) is 8.97. The first-order chi connectivity index (χ1) is 5.74. The third kappa shape index (κ3) is 2.26. The first-order valence-electron chi connectivity index (χ1n) is 3.56. The van der Waals surface area contributed by atoms with E-state index in [1.54, 1.807) is 24.3 Å². The Balaban J connectivity index is 2.94. The van der Waals surface area contributed by atoms with Gasteiger partial charge in [0.05, 0.1) is 6.61 Å². The lowest BCUT2D eigenvalue weighted by Gasteiger charge is -1.99. The smallest absolute Gasteiger partial charge is 0.0615 e. The minimum atomic E-state index is 0.0159. The van der Waals surface area contributed by atoms with Gasteiger partial charge in [0.2, 0.25) is 0 Å². The molecule has 3 heteroatoms. The topological polar surface area (TPSA) is 46.2 Å². The van der Waals surface area contributed by atoms with E-state index in [1.165, 1.54) is 0 Å². The highest BCUT2D eigenvalue weighted by Crippen LogP contribution is 2.18. The molecule has 2 nitrogen and oxygen atoms in total. The number of anilines is 1. The minimum absolute atomic E-state index is 0.0159. The molecule has 0 aliphatic carbocycles. The van der Waals surface area contributed by atoms with Crippen molar-refractivity contribution in [3.8, 4) is 0 Å². The molecule has 0 unspecified atom stereocenters. The Morgan fingerprint density at radius 2 is 2.25 bits per heavy atom. The molecule has 0 heterocycles. The van der Waals surface area contributed by atoms with Gasteiger partial charge in [-0.15, -0.1) is 0 Å². The van der Waals surface area contributed by atoms with Crippen LogP contribution in [-0.2, 0) is 0 Å². The van der Waals surface area contributed by atoms with Gasteiger partial charge in [-0.3, -0.25) is 0 Å². The monoisotopic (exact) mass is 183 g/mol. The average Bonchev–Trinajstić information content (AvgIpc) is 2.03. The second-order valence-corrected chi connectivity index (χ2v) is 2.79. The van der Waals surface area contributed by atoms with Crippen LogP contribution >= 0.6 is 11.6 Å². The fourth-order valence-electron chi connectivity index (χ4n) is 0.877. The minimum Gasteiger partial charge on any atom is -0.398 e. The highest BCUT2D eigenvalue weighted by molar-refractivity contribution is 6.30. The third-order valence-corrected chi connectivity index (χ3v) is 1.69. The molecular formula is C9H10ClNO. The van der Waals surface area contributed by atoms with Gasteiger partial charge in [0, 0.05) is 10.7 Å². The molecule has 64 valence electrons. The summed E-state index contributed by atoms with van der Waals surface area (Å²) in [6.07, 6.45) is 3.38. The Morgan fingerprint density at radius 1 is 1.50 bits per heavy atom. The van der Waals surface area contributed by atoms with Crippen molar-refractivity contribution in [2.75, 3.05) is 12.3 Å². The van der Waals surface area contributed by atoms with Crippen LogP contribution in [0, 0.1) is 0 Å². The molecule has 0 fully saturated rings. The van der Waals surface area contributed by atoms with E-state index in [0.29, 0.717) is 10.7 Å². The predicted octanol–water partition coefficient (Wildman–Crippen LogP) is 1.93. The molecule has 1 rings (SSSR count). The zero-order valence-corrected chi connectivity index (χ0v) is 7.25. The van der Waals surface area contributed by atoms with Crippen LogP contribution in [0.2, 0.25) is 5.02 Å². The van der Waals surface area contributed by atoms with Crippen molar-refractivity contribution in [1.29, 1.82) is 0 Å². The molecule has 0 aliphatic rings. The number of nitrogens with two attached hydrogens (primary N) is 1. The maximum absolute atomic E-state index is 8.52. The summed E-state index contributed by atoms with van der Waals surface area (Å²) in [5, 5.41) is 9.14. The lowest BCUT2D eigenvalue weighted by atomic mass is 10.2. The van der Waals surface area contributed by atoms with E-state index in [0.717, 1.165) is 5.56 Å². The highest BCUT2D eigenvalue weighted by atomic mass is 35.5. The summed E-state index contributed by atoms with van der Waals surface area (Å²) in [4.78, 5) is 0. The lowest BCUT2D eigenvalue weighted by molar-refractivity contribution is 0.343. The molecule has 0 spiro atoms. The molecule has 12 heavy (non-hydrogen) atoms. The Hall–Kier alpha value is -0.990.